The topological polar surface area (TPSA) is 98.7 Å². The molecule has 3 N–H and O–H groups in total. The average molecular weight is 246 g/mol. The normalized spacial score (nSPS) is 10.3. The first kappa shape index (κ1) is 12.2. The standard InChI is InChI=1S/C11H14N6O/c12-6-7-13-10(18)8-17-15-11(14-16-17)9-4-2-1-3-5-9/h1-5H,6-8,12H2,(H,13,18). The van der Waals surface area contributed by atoms with Crippen molar-refractivity contribution in [3.8, 4) is 11.4 Å². The van der Waals surface area contributed by atoms with Crippen molar-refractivity contribution in [2.45, 2.75) is 6.54 Å². The van der Waals surface area contributed by atoms with E-state index in [0.29, 0.717) is 18.9 Å². The number of benzene rings is 1. The van der Waals surface area contributed by atoms with Gasteiger partial charge >= 0.3 is 0 Å². The second kappa shape index (κ2) is 5.87. The van der Waals surface area contributed by atoms with Crippen molar-refractivity contribution in [1.29, 1.82) is 0 Å². The Labute approximate surface area is 104 Å². The molecule has 0 aliphatic carbocycles. The van der Waals surface area contributed by atoms with E-state index in [9.17, 15) is 4.79 Å². The lowest BCUT2D eigenvalue weighted by molar-refractivity contribution is -0.122. The number of carbonyl (C=O) groups is 1. The van der Waals surface area contributed by atoms with Gasteiger partial charge in [-0.15, -0.1) is 10.2 Å². The predicted octanol–water partition coefficient (Wildman–Crippen LogP) is -0.585. The SMILES string of the molecule is NCCNC(=O)Cn1nnc(-c2ccccc2)n1. The number of hydrogen-bond acceptors (Lipinski definition) is 5. The molecule has 0 saturated heterocycles. The van der Waals surface area contributed by atoms with Crippen LogP contribution in [0.3, 0.4) is 0 Å². The van der Waals surface area contributed by atoms with Gasteiger partial charge in [-0.05, 0) is 5.21 Å². The first-order chi connectivity index (χ1) is 8.79. The molecule has 7 heteroatoms. The summed E-state index contributed by atoms with van der Waals surface area (Å²) in [5, 5.41) is 14.5. The Morgan fingerprint density at radius 3 is 2.83 bits per heavy atom. The summed E-state index contributed by atoms with van der Waals surface area (Å²) in [5.74, 6) is 0.319. The minimum absolute atomic E-state index is 0.0415. The Morgan fingerprint density at radius 2 is 2.11 bits per heavy atom. The van der Waals surface area contributed by atoms with E-state index in [4.69, 9.17) is 5.73 Å². The minimum atomic E-state index is -0.183. The zero-order valence-electron chi connectivity index (χ0n) is 9.78. The lowest BCUT2D eigenvalue weighted by Crippen LogP contribution is -2.32. The molecule has 2 rings (SSSR count). The molecule has 1 heterocycles. The summed E-state index contributed by atoms with van der Waals surface area (Å²) in [6, 6.07) is 9.47. The number of nitrogens with two attached hydrogens (primary N) is 1. The van der Waals surface area contributed by atoms with Crippen LogP contribution in [-0.2, 0) is 11.3 Å². The van der Waals surface area contributed by atoms with Gasteiger partial charge in [0.25, 0.3) is 0 Å². The Morgan fingerprint density at radius 1 is 1.33 bits per heavy atom. The van der Waals surface area contributed by atoms with Gasteiger partial charge in [-0.3, -0.25) is 4.79 Å². The van der Waals surface area contributed by atoms with Crippen LogP contribution >= 0.6 is 0 Å². The maximum atomic E-state index is 11.4. The van der Waals surface area contributed by atoms with Gasteiger partial charge in [-0.1, -0.05) is 30.3 Å². The second-order valence-electron chi connectivity index (χ2n) is 3.65. The van der Waals surface area contributed by atoms with Crippen LogP contribution in [-0.4, -0.2) is 39.2 Å². The van der Waals surface area contributed by atoms with Crippen LogP contribution in [0.5, 0.6) is 0 Å². The van der Waals surface area contributed by atoms with Crippen molar-refractivity contribution in [1.82, 2.24) is 25.5 Å². The fraction of sp³-hybridized carbons (Fsp3) is 0.273. The third kappa shape index (κ3) is 3.11. The van der Waals surface area contributed by atoms with Gasteiger partial charge in [0.15, 0.2) is 0 Å². The van der Waals surface area contributed by atoms with Crippen molar-refractivity contribution in [3.05, 3.63) is 30.3 Å². The Bertz CT molecular complexity index is 509. The van der Waals surface area contributed by atoms with Gasteiger partial charge in [-0.25, -0.2) is 0 Å². The summed E-state index contributed by atoms with van der Waals surface area (Å²) in [5.41, 5.74) is 6.15. The molecule has 0 radical (unpaired) electrons. The van der Waals surface area contributed by atoms with E-state index in [-0.39, 0.29) is 12.5 Å². The molecule has 2 aromatic rings. The molecule has 7 nitrogen and oxygen atoms in total. The summed E-state index contributed by atoms with van der Waals surface area (Å²) >= 11 is 0. The highest BCUT2D eigenvalue weighted by molar-refractivity contribution is 5.75. The van der Waals surface area contributed by atoms with Crippen LogP contribution in [0.15, 0.2) is 30.3 Å². The Kier molecular flexibility index (Phi) is 3.98. The van der Waals surface area contributed by atoms with E-state index < -0.39 is 0 Å². The molecule has 0 bridgehead atoms. The van der Waals surface area contributed by atoms with Crippen molar-refractivity contribution < 1.29 is 4.79 Å². The molecule has 0 saturated carbocycles. The number of hydrogen-bond donors (Lipinski definition) is 2. The summed E-state index contributed by atoms with van der Waals surface area (Å²) in [6.07, 6.45) is 0. The number of amides is 1. The molecule has 1 aromatic heterocycles. The van der Waals surface area contributed by atoms with Gasteiger partial charge in [0, 0.05) is 18.7 Å². The third-order valence-corrected chi connectivity index (χ3v) is 2.24. The highest BCUT2D eigenvalue weighted by Gasteiger charge is 2.08. The maximum absolute atomic E-state index is 11.4. The molecule has 1 aromatic carbocycles. The number of nitrogens with one attached hydrogen (secondary N) is 1. The van der Waals surface area contributed by atoms with Crippen LogP contribution in [0.25, 0.3) is 11.4 Å². The minimum Gasteiger partial charge on any atom is -0.353 e. The van der Waals surface area contributed by atoms with Gasteiger partial charge in [0.05, 0.1) is 0 Å². The van der Waals surface area contributed by atoms with Crippen LogP contribution in [0.1, 0.15) is 0 Å². The summed E-state index contributed by atoms with van der Waals surface area (Å²) in [7, 11) is 0. The Hall–Kier alpha value is -2.28. The number of nitrogens with zero attached hydrogens (tertiary/aromatic N) is 4. The molecule has 0 aliphatic rings. The highest BCUT2D eigenvalue weighted by atomic mass is 16.2. The van der Waals surface area contributed by atoms with Crippen molar-refractivity contribution in [3.63, 3.8) is 0 Å². The monoisotopic (exact) mass is 246 g/mol. The van der Waals surface area contributed by atoms with E-state index in [1.807, 2.05) is 30.3 Å². The second-order valence-corrected chi connectivity index (χ2v) is 3.65. The molecule has 94 valence electrons. The van der Waals surface area contributed by atoms with E-state index >= 15 is 0 Å². The zero-order chi connectivity index (χ0) is 12.8. The molecule has 18 heavy (non-hydrogen) atoms. The highest BCUT2D eigenvalue weighted by Crippen LogP contribution is 2.11. The lowest BCUT2D eigenvalue weighted by Gasteiger charge is -2.01. The smallest absolute Gasteiger partial charge is 0.243 e. The van der Waals surface area contributed by atoms with Crippen molar-refractivity contribution in [2.75, 3.05) is 13.1 Å². The third-order valence-electron chi connectivity index (χ3n) is 2.24. The molecule has 0 aliphatic heterocycles. The van der Waals surface area contributed by atoms with Crippen LogP contribution in [0.2, 0.25) is 0 Å². The number of carbonyl (C=O) groups excluding carboxylic acids is 1. The molecular formula is C11H14N6O. The van der Waals surface area contributed by atoms with Gasteiger partial charge < -0.3 is 11.1 Å². The molecule has 0 fully saturated rings. The molecule has 0 unspecified atom stereocenters. The van der Waals surface area contributed by atoms with Gasteiger partial charge in [-0.2, -0.15) is 4.80 Å². The van der Waals surface area contributed by atoms with Crippen LogP contribution < -0.4 is 11.1 Å². The first-order valence-corrected chi connectivity index (χ1v) is 5.59. The summed E-state index contributed by atoms with van der Waals surface area (Å²) in [4.78, 5) is 12.7. The van der Waals surface area contributed by atoms with Crippen molar-refractivity contribution in [2.24, 2.45) is 5.73 Å². The molecular weight excluding hydrogens is 232 g/mol. The van der Waals surface area contributed by atoms with Gasteiger partial charge in [0.1, 0.15) is 6.54 Å². The largest absolute Gasteiger partial charge is 0.353 e. The number of aromatic nitrogens is 4. The molecule has 0 spiro atoms. The van der Waals surface area contributed by atoms with Gasteiger partial charge in [0.2, 0.25) is 11.7 Å². The van der Waals surface area contributed by atoms with E-state index in [0.717, 1.165) is 5.56 Å². The fourth-order valence-corrected chi connectivity index (χ4v) is 1.41. The van der Waals surface area contributed by atoms with Crippen LogP contribution in [0, 0.1) is 0 Å². The molecule has 1 amide bonds. The van der Waals surface area contributed by atoms with E-state index in [1.165, 1.54) is 4.80 Å². The average Bonchev–Trinajstić information content (AvgIpc) is 2.86. The van der Waals surface area contributed by atoms with E-state index in [1.54, 1.807) is 0 Å². The lowest BCUT2D eigenvalue weighted by atomic mass is 10.2. The zero-order valence-corrected chi connectivity index (χ0v) is 9.78. The van der Waals surface area contributed by atoms with Crippen LogP contribution in [0.4, 0.5) is 0 Å². The summed E-state index contributed by atoms with van der Waals surface area (Å²) < 4.78 is 0. The quantitative estimate of drug-likeness (QED) is 0.735. The predicted molar refractivity (Wildman–Crippen MR) is 65.3 cm³/mol. The van der Waals surface area contributed by atoms with E-state index in [2.05, 4.69) is 20.7 Å². The summed E-state index contributed by atoms with van der Waals surface area (Å²) in [6.45, 7) is 0.894. The number of tetrazole rings is 1. The maximum Gasteiger partial charge on any atom is 0.243 e. The Balaban J connectivity index is 2.00. The molecule has 0 atom stereocenters. The van der Waals surface area contributed by atoms with Crippen molar-refractivity contribution >= 4 is 5.91 Å². The first-order valence-electron chi connectivity index (χ1n) is 5.59. The number of rotatable bonds is 5. The fourth-order valence-electron chi connectivity index (χ4n) is 1.41.